The summed E-state index contributed by atoms with van der Waals surface area (Å²) in [4.78, 5) is 20.4. The van der Waals surface area contributed by atoms with Crippen LogP contribution in [0.1, 0.15) is 52.9 Å². The predicted octanol–water partition coefficient (Wildman–Crippen LogP) is 2.90. The zero-order chi connectivity index (χ0) is 19.2. The Morgan fingerprint density at radius 3 is 2.30 bits per heavy atom. The molecule has 160 valence electrons. The van der Waals surface area contributed by atoms with Gasteiger partial charge in [-0.3, -0.25) is 4.99 Å². The lowest BCUT2D eigenvalue weighted by molar-refractivity contribution is 0.0963. The van der Waals surface area contributed by atoms with Crippen LogP contribution < -0.4 is 10.6 Å². The van der Waals surface area contributed by atoms with Crippen molar-refractivity contribution in [1.82, 2.24) is 20.4 Å². The third-order valence-corrected chi connectivity index (χ3v) is 4.61. The van der Waals surface area contributed by atoms with Gasteiger partial charge in [0.1, 0.15) is 0 Å². The molecule has 1 aliphatic rings. The smallest absolute Gasteiger partial charge is 0.409 e. The molecule has 1 rings (SSSR count). The first-order chi connectivity index (χ1) is 12.6. The Hall–Kier alpha value is -0.770. The summed E-state index contributed by atoms with van der Waals surface area (Å²) >= 11 is 0. The maximum absolute atomic E-state index is 11.7. The van der Waals surface area contributed by atoms with E-state index in [2.05, 4.69) is 34.4 Å². The van der Waals surface area contributed by atoms with Crippen molar-refractivity contribution >= 4 is 36.0 Å². The predicted molar refractivity (Wildman–Crippen MR) is 123 cm³/mol. The Kier molecular flexibility index (Phi) is 15.7. The van der Waals surface area contributed by atoms with Crippen LogP contribution >= 0.6 is 24.0 Å². The number of guanidine groups is 1. The van der Waals surface area contributed by atoms with Crippen LogP contribution in [0.3, 0.4) is 0 Å². The summed E-state index contributed by atoms with van der Waals surface area (Å²) in [5.74, 6) is 0.858. The normalized spacial score (nSPS) is 15.4. The summed E-state index contributed by atoms with van der Waals surface area (Å²) < 4.78 is 5.06. The zero-order valence-corrected chi connectivity index (χ0v) is 20.0. The van der Waals surface area contributed by atoms with Gasteiger partial charge >= 0.3 is 6.09 Å². The number of likely N-dealkylation sites (tertiary alicyclic amines) is 1. The van der Waals surface area contributed by atoms with Gasteiger partial charge in [-0.2, -0.15) is 0 Å². The molecule has 0 aliphatic carbocycles. The highest BCUT2D eigenvalue weighted by Crippen LogP contribution is 2.11. The summed E-state index contributed by atoms with van der Waals surface area (Å²) in [5, 5.41) is 6.90. The van der Waals surface area contributed by atoms with Gasteiger partial charge < -0.3 is 25.2 Å². The second-order valence-corrected chi connectivity index (χ2v) is 6.80. The van der Waals surface area contributed by atoms with Gasteiger partial charge in [-0.25, -0.2) is 4.79 Å². The molecule has 1 aliphatic heterocycles. The van der Waals surface area contributed by atoms with Gasteiger partial charge in [0.25, 0.3) is 0 Å². The Balaban J connectivity index is 0.00000676. The lowest BCUT2D eigenvalue weighted by atomic mass is 10.1. The van der Waals surface area contributed by atoms with E-state index >= 15 is 0 Å². The number of ether oxygens (including phenoxy) is 1. The van der Waals surface area contributed by atoms with E-state index in [0.717, 1.165) is 51.4 Å². The van der Waals surface area contributed by atoms with Gasteiger partial charge in [-0.1, -0.05) is 13.8 Å². The van der Waals surface area contributed by atoms with E-state index in [4.69, 9.17) is 4.74 Å². The molecule has 1 heterocycles. The first kappa shape index (κ1) is 26.2. The third kappa shape index (κ3) is 11.0. The fourth-order valence-corrected chi connectivity index (χ4v) is 3.29. The second kappa shape index (κ2) is 16.2. The summed E-state index contributed by atoms with van der Waals surface area (Å²) in [6.07, 6.45) is 5.17. The molecule has 27 heavy (non-hydrogen) atoms. The monoisotopic (exact) mass is 497 g/mol. The summed E-state index contributed by atoms with van der Waals surface area (Å²) in [5.41, 5.74) is 0. The minimum atomic E-state index is -0.197. The van der Waals surface area contributed by atoms with Crippen molar-refractivity contribution in [3.05, 3.63) is 0 Å². The maximum Gasteiger partial charge on any atom is 0.409 e. The van der Waals surface area contributed by atoms with Crippen molar-refractivity contribution in [2.24, 2.45) is 4.99 Å². The van der Waals surface area contributed by atoms with Crippen molar-refractivity contribution in [1.29, 1.82) is 0 Å². The fraction of sp³-hybridized carbons (Fsp3) is 0.895. The van der Waals surface area contributed by atoms with Gasteiger partial charge in [-0.15, -0.1) is 24.0 Å². The van der Waals surface area contributed by atoms with Crippen LogP contribution in [-0.4, -0.2) is 80.8 Å². The van der Waals surface area contributed by atoms with E-state index < -0.39 is 0 Å². The van der Waals surface area contributed by atoms with E-state index in [9.17, 15) is 4.79 Å². The molecular formula is C19H40IN5O2. The highest BCUT2D eigenvalue weighted by atomic mass is 127. The largest absolute Gasteiger partial charge is 0.450 e. The number of carbonyl (C=O) groups excluding carboxylic acids is 1. The van der Waals surface area contributed by atoms with Gasteiger partial charge in [0.15, 0.2) is 5.96 Å². The number of aliphatic imine (C=N–C) groups is 1. The van der Waals surface area contributed by atoms with Crippen molar-refractivity contribution in [2.75, 3.05) is 52.9 Å². The zero-order valence-electron chi connectivity index (χ0n) is 17.6. The number of piperidine rings is 1. The van der Waals surface area contributed by atoms with E-state index in [1.807, 2.05) is 14.0 Å². The number of nitrogens with zero attached hydrogens (tertiary/aromatic N) is 3. The average molecular weight is 497 g/mol. The Morgan fingerprint density at radius 2 is 1.78 bits per heavy atom. The van der Waals surface area contributed by atoms with Crippen LogP contribution in [0.2, 0.25) is 0 Å². The van der Waals surface area contributed by atoms with E-state index in [1.165, 1.54) is 25.9 Å². The van der Waals surface area contributed by atoms with Crippen LogP contribution in [0, 0.1) is 0 Å². The van der Waals surface area contributed by atoms with Crippen LogP contribution in [0.4, 0.5) is 4.79 Å². The Morgan fingerprint density at radius 1 is 1.15 bits per heavy atom. The Labute approximate surface area is 182 Å². The average Bonchev–Trinajstić information content (AvgIpc) is 2.65. The minimum absolute atomic E-state index is 0. The number of carbonyl (C=O) groups is 1. The topological polar surface area (TPSA) is 69.2 Å². The number of nitrogens with one attached hydrogen (secondary N) is 2. The van der Waals surface area contributed by atoms with Gasteiger partial charge in [0.2, 0.25) is 0 Å². The molecule has 7 nitrogen and oxygen atoms in total. The first-order valence-electron chi connectivity index (χ1n) is 10.3. The van der Waals surface area contributed by atoms with Gasteiger partial charge in [0.05, 0.1) is 6.61 Å². The summed E-state index contributed by atoms with van der Waals surface area (Å²) in [7, 11) is 1.81. The SMILES string of the molecule is CCCN(CCC)CCCNC(=NC)NC1CCN(C(=O)OCC)CC1.I. The molecule has 0 radical (unpaired) electrons. The highest BCUT2D eigenvalue weighted by Gasteiger charge is 2.23. The van der Waals surface area contributed by atoms with Crippen LogP contribution in [-0.2, 0) is 4.74 Å². The Bertz CT molecular complexity index is 409. The first-order valence-corrected chi connectivity index (χ1v) is 10.3. The standard InChI is InChI=1S/C19H39N5O2.HI/c1-5-12-23(13-6-2)14-8-11-21-18(20-4)22-17-9-15-24(16-10-17)19(25)26-7-3;/h17H,5-16H2,1-4H3,(H2,20,21,22);1H. The summed E-state index contributed by atoms with van der Waals surface area (Å²) in [6, 6.07) is 0.351. The molecule has 0 atom stereocenters. The molecule has 0 unspecified atom stereocenters. The third-order valence-electron chi connectivity index (χ3n) is 4.61. The molecule has 0 saturated carbocycles. The quantitative estimate of drug-likeness (QED) is 0.210. The van der Waals surface area contributed by atoms with Crippen molar-refractivity contribution in [2.45, 2.75) is 58.9 Å². The molecular weight excluding hydrogens is 457 g/mol. The molecule has 0 aromatic carbocycles. The highest BCUT2D eigenvalue weighted by molar-refractivity contribution is 14.0. The number of rotatable bonds is 10. The van der Waals surface area contributed by atoms with Gasteiger partial charge in [0, 0.05) is 32.7 Å². The van der Waals surface area contributed by atoms with Gasteiger partial charge in [-0.05, 0) is 58.7 Å². The van der Waals surface area contributed by atoms with Crippen molar-refractivity contribution in [3.8, 4) is 0 Å². The molecule has 2 N–H and O–H groups in total. The lowest BCUT2D eigenvalue weighted by Crippen LogP contribution is -2.50. The van der Waals surface area contributed by atoms with Crippen LogP contribution in [0.25, 0.3) is 0 Å². The second-order valence-electron chi connectivity index (χ2n) is 6.80. The molecule has 0 spiro atoms. The molecule has 1 amide bonds. The molecule has 0 bridgehead atoms. The van der Waals surface area contributed by atoms with Crippen molar-refractivity contribution < 1.29 is 9.53 Å². The lowest BCUT2D eigenvalue weighted by Gasteiger charge is -2.32. The molecule has 0 aromatic rings. The number of hydrogen-bond donors (Lipinski definition) is 2. The van der Waals surface area contributed by atoms with E-state index in [0.29, 0.717) is 12.6 Å². The number of halogens is 1. The van der Waals surface area contributed by atoms with Crippen LogP contribution in [0.5, 0.6) is 0 Å². The summed E-state index contributed by atoms with van der Waals surface area (Å²) in [6.45, 7) is 12.6. The molecule has 1 saturated heterocycles. The maximum atomic E-state index is 11.7. The molecule has 8 heteroatoms. The van der Waals surface area contributed by atoms with Crippen LogP contribution in [0.15, 0.2) is 4.99 Å². The number of amides is 1. The van der Waals surface area contributed by atoms with E-state index in [1.54, 1.807) is 4.90 Å². The van der Waals surface area contributed by atoms with Crippen molar-refractivity contribution in [3.63, 3.8) is 0 Å². The number of hydrogen-bond acceptors (Lipinski definition) is 4. The minimum Gasteiger partial charge on any atom is -0.450 e. The fourth-order valence-electron chi connectivity index (χ4n) is 3.29. The van der Waals surface area contributed by atoms with E-state index in [-0.39, 0.29) is 30.1 Å². The molecule has 0 aromatic heterocycles. The molecule has 1 fully saturated rings.